The van der Waals surface area contributed by atoms with Crippen molar-refractivity contribution in [3.05, 3.63) is 105 Å². The fourth-order valence-corrected chi connectivity index (χ4v) is 4.07. The smallest absolute Gasteiger partial charge is 0.296 e. The first-order valence-corrected chi connectivity index (χ1v) is 10.6. The van der Waals surface area contributed by atoms with Gasteiger partial charge in [0.05, 0.1) is 17.8 Å². The molecule has 2 atom stereocenters. The van der Waals surface area contributed by atoms with Gasteiger partial charge in [-0.15, -0.1) is 0 Å². The number of nitrogens with zero attached hydrogens (tertiary/aromatic N) is 4. The van der Waals surface area contributed by atoms with Crippen molar-refractivity contribution in [1.29, 1.82) is 5.26 Å². The Morgan fingerprint density at radius 3 is 2.66 bits per heavy atom. The first-order chi connectivity index (χ1) is 16.8. The van der Waals surface area contributed by atoms with E-state index in [0.29, 0.717) is 5.56 Å². The molecule has 10 heteroatoms. The Balaban J connectivity index is 1.88. The van der Waals surface area contributed by atoms with Gasteiger partial charge in [-0.25, -0.2) is 9.37 Å². The van der Waals surface area contributed by atoms with Crippen molar-refractivity contribution in [1.82, 2.24) is 14.7 Å². The molecular weight excluding hydrogens is 453 g/mol. The second-order valence-electron chi connectivity index (χ2n) is 7.92. The van der Waals surface area contributed by atoms with Crippen LogP contribution in [-0.2, 0) is 7.05 Å². The average molecular weight is 473 g/mol. The van der Waals surface area contributed by atoms with E-state index < -0.39 is 40.6 Å². The normalized spacial score (nSPS) is 12.5. The molecule has 0 aliphatic carbocycles. The molecule has 1 amide bonds. The third-order valence-corrected chi connectivity index (χ3v) is 5.74. The second kappa shape index (κ2) is 9.61. The van der Waals surface area contributed by atoms with Crippen LogP contribution in [0.1, 0.15) is 51.8 Å². The fraction of sp³-hybridized carbons (Fsp3) is 0.160. The molecule has 0 radical (unpaired) electrons. The van der Waals surface area contributed by atoms with E-state index in [0.717, 1.165) is 10.1 Å². The molecular formula is C25H20FN5O4. The average Bonchev–Trinajstić information content (AvgIpc) is 3.36. The van der Waals surface area contributed by atoms with Crippen molar-refractivity contribution in [3.8, 4) is 11.8 Å². The molecule has 2 N–H and O–H groups in total. The Labute approximate surface area is 199 Å². The SMILES string of the molecule is C[C@H](c1nc(C(=O)Nc2cnoc2)c(O)c(=O)n1C)[C@H](c1ccccc1)c1cc(F)ccc1C#N. The van der Waals surface area contributed by atoms with Crippen molar-refractivity contribution >= 4 is 11.6 Å². The van der Waals surface area contributed by atoms with Gasteiger partial charge in [-0.1, -0.05) is 42.4 Å². The van der Waals surface area contributed by atoms with Crippen LogP contribution in [0.2, 0.25) is 0 Å². The van der Waals surface area contributed by atoms with Crippen molar-refractivity contribution in [2.45, 2.75) is 18.8 Å². The molecule has 0 spiro atoms. The second-order valence-corrected chi connectivity index (χ2v) is 7.92. The maximum atomic E-state index is 14.3. The van der Waals surface area contributed by atoms with Crippen LogP contribution in [0.5, 0.6) is 5.75 Å². The van der Waals surface area contributed by atoms with Crippen molar-refractivity contribution in [2.24, 2.45) is 7.05 Å². The van der Waals surface area contributed by atoms with Gasteiger partial charge in [0, 0.05) is 18.9 Å². The maximum absolute atomic E-state index is 14.3. The first-order valence-electron chi connectivity index (χ1n) is 10.6. The van der Waals surface area contributed by atoms with Crippen LogP contribution in [0.3, 0.4) is 0 Å². The lowest BCUT2D eigenvalue weighted by molar-refractivity contribution is 0.101. The lowest BCUT2D eigenvalue weighted by Gasteiger charge is -2.27. The number of amides is 1. The molecule has 2 heterocycles. The van der Waals surface area contributed by atoms with Gasteiger partial charge >= 0.3 is 0 Å². The number of halogens is 1. The summed E-state index contributed by atoms with van der Waals surface area (Å²) in [6.07, 6.45) is 2.43. The number of hydrogen-bond donors (Lipinski definition) is 2. The number of hydrogen-bond acceptors (Lipinski definition) is 7. The monoisotopic (exact) mass is 473 g/mol. The molecule has 0 aliphatic heterocycles. The summed E-state index contributed by atoms with van der Waals surface area (Å²) >= 11 is 0. The number of nitrogens with one attached hydrogen (secondary N) is 1. The van der Waals surface area contributed by atoms with E-state index in [1.54, 1.807) is 6.92 Å². The molecule has 0 fully saturated rings. The van der Waals surface area contributed by atoms with Gasteiger partial charge < -0.3 is 14.9 Å². The van der Waals surface area contributed by atoms with Gasteiger partial charge in [0.15, 0.2) is 5.69 Å². The van der Waals surface area contributed by atoms with E-state index in [4.69, 9.17) is 0 Å². The molecule has 0 unspecified atom stereocenters. The molecule has 0 saturated heterocycles. The molecule has 4 aromatic rings. The van der Waals surface area contributed by atoms with Crippen LogP contribution < -0.4 is 10.9 Å². The van der Waals surface area contributed by atoms with E-state index in [2.05, 4.69) is 26.0 Å². The lowest BCUT2D eigenvalue weighted by atomic mass is 9.79. The fourth-order valence-electron chi connectivity index (χ4n) is 4.07. The summed E-state index contributed by atoms with van der Waals surface area (Å²) < 4.78 is 20.1. The van der Waals surface area contributed by atoms with Gasteiger partial charge in [0.2, 0.25) is 5.75 Å². The number of aromatic nitrogens is 3. The number of carbonyl (C=O) groups excluding carboxylic acids is 1. The van der Waals surface area contributed by atoms with Crippen molar-refractivity contribution in [3.63, 3.8) is 0 Å². The van der Waals surface area contributed by atoms with Gasteiger partial charge in [0.25, 0.3) is 11.5 Å². The summed E-state index contributed by atoms with van der Waals surface area (Å²) in [5.41, 5.74) is 0.323. The summed E-state index contributed by atoms with van der Waals surface area (Å²) in [5, 5.41) is 26.0. The van der Waals surface area contributed by atoms with Crippen molar-refractivity contribution < 1.29 is 18.8 Å². The summed E-state index contributed by atoms with van der Waals surface area (Å²) in [6, 6.07) is 15.1. The minimum absolute atomic E-state index is 0.158. The molecule has 9 nitrogen and oxygen atoms in total. The van der Waals surface area contributed by atoms with E-state index in [1.807, 2.05) is 30.3 Å². The van der Waals surface area contributed by atoms with E-state index in [1.165, 1.54) is 37.7 Å². The highest BCUT2D eigenvalue weighted by Crippen LogP contribution is 2.39. The predicted octanol–water partition coefficient (Wildman–Crippen LogP) is 3.67. The summed E-state index contributed by atoms with van der Waals surface area (Å²) in [7, 11) is 1.42. The molecule has 176 valence electrons. The van der Waals surface area contributed by atoms with Gasteiger partial charge in [0.1, 0.15) is 23.6 Å². The molecule has 0 saturated carbocycles. The Morgan fingerprint density at radius 2 is 2.00 bits per heavy atom. The van der Waals surface area contributed by atoms with Gasteiger partial charge in [-0.2, -0.15) is 5.26 Å². The van der Waals surface area contributed by atoms with E-state index in [9.17, 15) is 24.3 Å². The van der Waals surface area contributed by atoms with Gasteiger partial charge in [-0.05, 0) is 29.3 Å². The molecule has 4 rings (SSSR count). The zero-order valence-electron chi connectivity index (χ0n) is 18.8. The number of rotatable bonds is 6. The Bertz CT molecular complexity index is 1480. The summed E-state index contributed by atoms with van der Waals surface area (Å²) in [4.78, 5) is 30.0. The van der Waals surface area contributed by atoms with Crippen LogP contribution >= 0.6 is 0 Å². The predicted molar refractivity (Wildman–Crippen MR) is 123 cm³/mol. The number of benzene rings is 2. The zero-order valence-corrected chi connectivity index (χ0v) is 18.8. The highest BCUT2D eigenvalue weighted by atomic mass is 19.1. The largest absolute Gasteiger partial charge is 0.501 e. The van der Waals surface area contributed by atoms with Crippen LogP contribution in [0.15, 0.2) is 70.3 Å². The highest BCUT2D eigenvalue weighted by Gasteiger charge is 2.31. The molecule has 35 heavy (non-hydrogen) atoms. The minimum atomic E-state index is -0.836. The van der Waals surface area contributed by atoms with Crippen molar-refractivity contribution in [2.75, 3.05) is 5.32 Å². The standard InChI is InChI=1S/C25H20FN5O4/c1-14(20(15-6-4-3-5-7-15)19-10-17(26)9-8-16(19)11-27)23-30-21(22(32)25(34)31(23)2)24(33)29-18-12-28-35-13-18/h3-10,12-14,20,32H,1-2H3,(H,29,33)/t14-,20+/m0/s1. The number of anilines is 1. The maximum Gasteiger partial charge on any atom is 0.296 e. The first kappa shape index (κ1) is 23.4. The summed E-state index contributed by atoms with van der Waals surface area (Å²) in [6.45, 7) is 1.75. The summed E-state index contributed by atoms with van der Waals surface area (Å²) in [5.74, 6) is -3.24. The number of nitriles is 1. The third-order valence-electron chi connectivity index (χ3n) is 5.74. The van der Waals surface area contributed by atoms with Gasteiger partial charge in [-0.3, -0.25) is 14.2 Å². The minimum Gasteiger partial charge on any atom is -0.501 e. The van der Waals surface area contributed by atoms with E-state index in [-0.39, 0.29) is 17.1 Å². The lowest BCUT2D eigenvalue weighted by Crippen LogP contribution is -2.29. The zero-order chi connectivity index (χ0) is 25.1. The van der Waals surface area contributed by atoms with Crippen LogP contribution in [0.25, 0.3) is 0 Å². The van der Waals surface area contributed by atoms with Crippen LogP contribution in [0.4, 0.5) is 10.1 Å². The highest BCUT2D eigenvalue weighted by molar-refractivity contribution is 6.04. The van der Waals surface area contributed by atoms with Crippen LogP contribution in [-0.4, -0.2) is 25.7 Å². The Kier molecular flexibility index (Phi) is 6.42. The quantitative estimate of drug-likeness (QED) is 0.436. The topological polar surface area (TPSA) is 134 Å². The Morgan fingerprint density at radius 1 is 1.26 bits per heavy atom. The molecule has 2 aromatic heterocycles. The number of carbonyl (C=O) groups is 1. The number of aromatic hydroxyl groups is 1. The van der Waals surface area contributed by atoms with Crippen LogP contribution in [0, 0.1) is 17.1 Å². The molecule has 2 aromatic carbocycles. The third kappa shape index (κ3) is 4.52. The molecule has 0 aliphatic rings. The van der Waals surface area contributed by atoms with E-state index >= 15 is 0 Å². The molecule has 0 bridgehead atoms. The Hall–Kier alpha value is -4.78.